The van der Waals surface area contributed by atoms with Gasteiger partial charge in [-0.1, -0.05) is 36.2 Å². The minimum Gasteiger partial charge on any atom is -0.350 e. The second kappa shape index (κ2) is 11.1. The maximum atomic E-state index is 13.9. The zero-order valence-corrected chi connectivity index (χ0v) is 21.5. The number of hydrogen-bond acceptors (Lipinski definition) is 6. The first-order chi connectivity index (χ1) is 17.2. The molecule has 2 aromatic rings. The molecule has 0 spiro atoms. The minimum absolute atomic E-state index is 0.0247. The number of nitrogens with one attached hydrogen (secondary N) is 1. The molecule has 0 saturated carbocycles. The van der Waals surface area contributed by atoms with Crippen LogP contribution in [-0.2, 0) is 14.8 Å². The average molecular weight is 552 g/mol. The molecule has 190 valence electrons. The van der Waals surface area contributed by atoms with E-state index in [1.54, 1.807) is 6.07 Å². The van der Waals surface area contributed by atoms with E-state index in [4.69, 9.17) is 11.6 Å². The maximum Gasteiger partial charge on any atom is 0.293 e. The SMILES string of the molecule is O=C(NCCN1C(=O)S/C(=C\c2ccccc2F)C1=O)c1cc(S(=O)(=O)N2CCCCC2)ccc1Cl. The zero-order valence-electron chi connectivity index (χ0n) is 19.1. The Bertz CT molecular complexity index is 1340. The van der Waals surface area contributed by atoms with Gasteiger partial charge in [0.05, 0.1) is 20.4 Å². The van der Waals surface area contributed by atoms with Crippen molar-refractivity contribution in [3.63, 3.8) is 0 Å². The van der Waals surface area contributed by atoms with Crippen LogP contribution < -0.4 is 5.32 Å². The number of thioether (sulfide) groups is 1. The molecular formula is C24H23ClFN3O5S2. The van der Waals surface area contributed by atoms with Crippen molar-refractivity contribution in [2.45, 2.75) is 24.2 Å². The number of amides is 3. The van der Waals surface area contributed by atoms with Crippen LogP contribution >= 0.6 is 23.4 Å². The molecule has 2 aromatic carbocycles. The number of imide groups is 1. The molecule has 0 radical (unpaired) electrons. The van der Waals surface area contributed by atoms with Crippen LogP contribution in [0, 0.1) is 5.82 Å². The largest absolute Gasteiger partial charge is 0.350 e. The van der Waals surface area contributed by atoms with Crippen molar-refractivity contribution in [1.82, 2.24) is 14.5 Å². The molecule has 0 aromatic heterocycles. The second-order valence-corrected chi connectivity index (χ2v) is 11.6. The quantitative estimate of drug-likeness (QED) is 0.519. The number of rotatable bonds is 7. The van der Waals surface area contributed by atoms with Crippen molar-refractivity contribution >= 4 is 56.5 Å². The number of carbonyl (C=O) groups excluding carboxylic acids is 3. The first kappa shape index (κ1) is 26.3. The number of carbonyl (C=O) groups is 3. The van der Waals surface area contributed by atoms with Crippen molar-refractivity contribution < 1.29 is 27.2 Å². The van der Waals surface area contributed by atoms with Crippen LogP contribution in [0.3, 0.4) is 0 Å². The predicted octanol–water partition coefficient (Wildman–Crippen LogP) is 4.12. The molecule has 0 atom stereocenters. The molecule has 0 unspecified atom stereocenters. The molecule has 0 bridgehead atoms. The van der Waals surface area contributed by atoms with Crippen molar-refractivity contribution in [3.8, 4) is 0 Å². The fourth-order valence-electron chi connectivity index (χ4n) is 3.90. The van der Waals surface area contributed by atoms with E-state index in [0.29, 0.717) is 24.9 Å². The summed E-state index contributed by atoms with van der Waals surface area (Å²) in [4.78, 5) is 38.7. The van der Waals surface area contributed by atoms with Gasteiger partial charge in [-0.2, -0.15) is 4.31 Å². The Morgan fingerprint density at radius 1 is 1.11 bits per heavy atom. The third kappa shape index (κ3) is 5.64. The van der Waals surface area contributed by atoms with E-state index in [1.165, 1.54) is 46.8 Å². The highest BCUT2D eigenvalue weighted by Crippen LogP contribution is 2.32. The standard InChI is InChI=1S/C24H23ClFN3O5S2/c25-19-9-8-17(36(33,34)28-11-4-1-5-12-28)15-18(19)22(30)27-10-13-29-23(31)21(35-24(29)32)14-16-6-2-3-7-20(16)26/h2-3,6-9,14-15H,1,4-5,10-13H2,(H,27,30)/b21-14-. The van der Waals surface area contributed by atoms with Crippen molar-refractivity contribution in [2.75, 3.05) is 26.2 Å². The lowest BCUT2D eigenvalue weighted by atomic mass is 10.2. The smallest absolute Gasteiger partial charge is 0.293 e. The van der Waals surface area contributed by atoms with Gasteiger partial charge in [-0.3, -0.25) is 19.3 Å². The number of sulfonamides is 1. The molecule has 4 rings (SSSR count). The summed E-state index contributed by atoms with van der Waals surface area (Å²) in [6.45, 7) is 0.656. The highest BCUT2D eigenvalue weighted by molar-refractivity contribution is 8.18. The van der Waals surface area contributed by atoms with E-state index in [2.05, 4.69) is 5.32 Å². The monoisotopic (exact) mass is 551 g/mol. The van der Waals surface area contributed by atoms with Gasteiger partial charge >= 0.3 is 0 Å². The summed E-state index contributed by atoms with van der Waals surface area (Å²) in [6.07, 6.45) is 3.85. The fraction of sp³-hybridized carbons (Fsp3) is 0.292. The van der Waals surface area contributed by atoms with E-state index >= 15 is 0 Å². The molecule has 1 N–H and O–H groups in total. The average Bonchev–Trinajstić information content (AvgIpc) is 3.13. The Labute approximate surface area is 217 Å². The summed E-state index contributed by atoms with van der Waals surface area (Å²) in [7, 11) is -3.76. The van der Waals surface area contributed by atoms with Crippen LogP contribution in [0.1, 0.15) is 35.2 Å². The molecule has 3 amide bonds. The number of nitrogens with zero attached hydrogens (tertiary/aromatic N) is 2. The molecule has 36 heavy (non-hydrogen) atoms. The Kier molecular flexibility index (Phi) is 8.13. The van der Waals surface area contributed by atoms with Gasteiger partial charge < -0.3 is 5.32 Å². The van der Waals surface area contributed by atoms with E-state index in [-0.39, 0.29) is 39.0 Å². The number of benzene rings is 2. The fourth-order valence-corrected chi connectivity index (χ4v) is 6.50. The molecule has 8 nitrogen and oxygen atoms in total. The van der Waals surface area contributed by atoms with E-state index in [9.17, 15) is 27.2 Å². The Morgan fingerprint density at radius 2 is 1.83 bits per heavy atom. The van der Waals surface area contributed by atoms with E-state index < -0.39 is 32.9 Å². The van der Waals surface area contributed by atoms with Crippen LogP contribution in [-0.4, -0.2) is 60.9 Å². The third-order valence-electron chi connectivity index (χ3n) is 5.82. The van der Waals surface area contributed by atoms with Gasteiger partial charge in [0, 0.05) is 31.7 Å². The third-order valence-corrected chi connectivity index (χ3v) is 8.95. The lowest BCUT2D eigenvalue weighted by Crippen LogP contribution is -2.37. The number of halogens is 2. The molecule has 2 aliphatic rings. The van der Waals surface area contributed by atoms with Crippen LogP contribution in [0.4, 0.5) is 9.18 Å². The zero-order chi connectivity index (χ0) is 25.9. The second-order valence-electron chi connectivity index (χ2n) is 8.22. The predicted molar refractivity (Wildman–Crippen MR) is 135 cm³/mol. The molecule has 2 saturated heterocycles. The van der Waals surface area contributed by atoms with Crippen molar-refractivity contribution in [2.24, 2.45) is 0 Å². The highest BCUT2D eigenvalue weighted by Gasteiger charge is 2.35. The van der Waals surface area contributed by atoms with Gasteiger partial charge in [-0.15, -0.1) is 0 Å². The van der Waals surface area contributed by atoms with Gasteiger partial charge in [0.15, 0.2) is 0 Å². The van der Waals surface area contributed by atoms with Crippen molar-refractivity contribution in [3.05, 3.63) is 69.3 Å². The summed E-state index contributed by atoms with van der Waals surface area (Å²) in [5, 5.41) is 2.11. The van der Waals surface area contributed by atoms with Gasteiger partial charge in [0.2, 0.25) is 10.0 Å². The van der Waals surface area contributed by atoms with E-state index in [1.807, 2.05) is 0 Å². The van der Waals surface area contributed by atoms with Crippen LogP contribution in [0.5, 0.6) is 0 Å². The summed E-state index contributed by atoms with van der Waals surface area (Å²) < 4.78 is 41.2. The molecule has 0 aliphatic carbocycles. The normalized spacial score (nSPS) is 18.2. The first-order valence-electron chi connectivity index (χ1n) is 11.3. The van der Waals surface area contributed by atoms with Gasteiger partial charge in [0.1, 0.15) is 5.82 Å². The minimum atomic E-state index is -3.76. The summed E-state index contributed by atoms with van der Waals surface area (Å²) in [5.74, 6) is -1.74. The number of piperidine rings is 1. The molecule has 2 aliphatic heterocycles. The lowest BCUT2D eigenvalue weighted by molar-refractivity contribution is -0.122. The molecular weight excluding hydrogens is 529 g/mol. The molecule has 12 heteroatoms. The first-order valence-corrected chi connectivity index (χ1v) is 13.9. The van der Waals surface area contributed by atoms with Crippen molar-refractivity contribution in [1.29, 1.82) is 0 Å². The van der Waals surface area contributed by atoms with Gasteiger partial charge in [-0.05, 0) is 54.9 Å². The van der Waals surface area contributed by atoms with E-state index in [0.717, 1.165) is 24.2 Å². The summed E-state index contributed by atoms with van der Waals surface area (Å²) >= 11 is 6.85. The summed E-state index contributed by atoms with van der Waals surface area (Å²) in [5.41, 5.74) is 0.161. The molecule has 2 fully saturated rings. The van der Waals surface area contributed by atoms with Gasteiger partial charge in [0.25, 0.3) is 17.1 Å². The van der Waals surface area contributed by atoms with Gasteiger partial charge in [-0.25, -0.2) is 12.8 Å². The maximum absolute atomic E-state index is 13.9. The van der Waals surface area contributed by atoms with Crippen LogP contribution in [0.15, 0.2) is 52.3 Å². The topological polar surface area (TPSA) is 104 Å². The van der Waals surface area contributed by atoms with Crippen LogP contribution in [0.2, 0.25) is 5.02 Å². The number of hydrogen-bond donors (Lipinski definition) is 1. The van der Waals surface area contributed by atoms with Crippen LogP contribution in [0.25, 0.3) is 6.08 Å². The molecule has 2 heterocycles. The summed E-state index contributed by atoms with van der Waals surface area (Å²) in [6, 6.07) is 9.84. The Balaban J connectivity index is 1.41. The lowest BCUT2D eigenvalue weighted by Gasteiger charge is -2.26. The Morgan fingerprint density at radius 3 is 2.56 bits per heavy atom. The highest BCUT2D eigenvalue weighted by atomic mass is 35.5. The Hall–Kier alpha value is -2.73.